The number of aryl methyl sites for hydroxylation is 1. The van der Waals surface area contributed by atoms with E-state index >= 15 is 0 Å². The van der Waals surface area contributed by atoms with Crippen molar-refractivity contribution in [2.45, 2.75) is 31.7 Å². The first kappa shape index (κ1) is 9.85. The molecule has 0 amide bonds. The largest absolute Gasteiger partial charge is 0.324 e. The number of hydrogen-bond donors (Lipinski definition) is 1. The van der Waals surface area contributed by atoms with E-state index in [-0.39, 0.29) is 6.04 Å². The van der Waals surface area contributed by atoms with Crippen molar-refractivity contribution >= 4 is 10.9 Å². The van der Waals surface area contributed by atoms with Crippen LogP contribution in [0.25, 0.3) is 10.9 Å². The van der Waals surface area contributed by atoms with Crippen LogP contribution in [-0.2, 0) is 7.05 Å². The average molecular weight is 215 g/mol. The number of rotatable bonds is 2. The van der Waals surface area contributed by atoms with E-state index in [1.165, 1.54) is 35.0 Å². The molecule has 1 atom stereocenters. The van der Waals surface area contributed by atoms with E-state index in [4.69, 9.17) is 5.73 Å². The van der Waals surface area contributed by atoms with Gasteiger partial charge in [-0.1, -0.05) is 12.1 Å². The summed E-state index contributed by atoms with van der Waals surface area (Å²) in [4.78, 5) is 0. The van der Waals surface area contributed by atoms with Crippen molar-refractivity contribution in [2.75, 3.05) is 0 Å². The maximum Gasteiger partial charge on any atom is 0.0734 e. The van der Waals surface area contributed by atoms with Crippen molar-refractivity contribution in [1.82, 2.24) is 9.78 Å². The van der Waals surface area contributed by atoms with Crippen LogP contribution < -0.4 is 5.73 Å². The number of benzene rings is 1. The van der Waals surface area contributed by atoms with Crippen molar-refractivity contribution in [3.8, 4) is 0 Å². The maximum atomic E-state index is 5.90. The molecule has 1 aliphatic carbocycles. The molecule has 1 aromatic heterocycles. The van der Waals surface area contributed by atoms with E-state index < -0.39 is 0 Å². The molecule has 1 fully saturated rings. The Balaban J connectivity index is 2.20. The van der Waals surface area contributed by atoms with E-state index in [1.807, 2.05) is 18.7 Å². The van der Waals surface area contributed by atoms with Crippen LogP contribution in [0.1, 0.15) is 43.0 Å². The Bertz CT molecular complexity index is 535. The third-order valence-corrected chi connectivity index (χ3v) is 3.39. The monoisotopic (exact) mass is 215 g/mol. The molecule has 3 rings (SSSR count). The lowest BCUT2D eigenvalue weighted by Gasteiger charge is -2.05. The molecular weight excluding hydrogens is 198 g/mol. The second kappa shape index (κ2) is 3.32. The molecule has 0 bridgehead atoms. The molecule has 1 unspecified atom stereocenters. The van der Waals surface area contributed by atoms with Crippen molar-refractivity contribution in [1.29, 1.82) is 0 Å². The highest BCUT2D eigenvalue weighted by molar-refractivity contribution is 5.83. The molecule has 1 aromatic carbocycles. The molecule has 0 spiro atoms. The van der Waals surface area contributed by atoms with Crippen LogP contribution >= 0.6 is 0 Å². The van der Waals surface area contributed by atoms with Crippen LogP contribution in [0.15, 0.2) is 18.2 Å². The summed E-state index contributed by atoms with van der Waals surface area (Å²) in [5.41, 5.74) is 9.56. The predicted octanol–water partition coefficient (Wildman–Crippen LogP) is 2.47. The van der Waals surface area contributed by atoms with E-state index in [9.17, 15) is 0 Å². The lowest BCUT2D eigenvalue weighted by molar-refractivity contribution is 0.765. The predicted molar refractivity (Wildman–Crippen MR) is 65.3 cm³/mol. The highest BCUT2D eigenvalue weighted by atomic mass is 15.3. The molecule has 0 saturated heterocycles. The lowest BCUT2D eigenvalue weighted by Crippen LogP contribution is -2.04. The van der Waals surface area contributed by atoms with Gasteiger partial charge in [-0.2, -0.15) is 5.10 Å². The van der Waals surface area contributed by atoms with E-state index in [2.05, 4.69) is 23.3 Å². The first-order valence-corrected chi connectivity index (χ1v) is 5.89. The van der Waals surface area contributed by atoms with Gasteiger partial charge in [0, 0.05) is 24.4 Å². The Morgan fingerprint density at radius 2 is 2.19 bits per heavy atom. The van der Waals surface area contributed by atoms with Crippen LogP contribution in [0.5, 0.6) is 0 Å². The molecule has 0 aliphatic heterocycles. The summed E-state index contributed by atoms with van der Waals surface area (Å²) in [6.07, 6.45) is 2.59. The van der Waals surface area contributed by atoms with Gasteiger partial charge in [0.1, 0.15) is 0 Å². The molecular formula is C13H17N3. The molecule has 1 saturated carbocycles. The summed E-state index contributed by atoms with van der Waals surface area (Å²) < 4.78 is 1.98. The molecule has 16 heavy (non-hydrogen) atoms. The number of hydrogen-bond acceptors (Lipinski definition) is 2. The topological polar surface area (TPSA) is 43.8 Å². The first-order chi connectivity index (χ1) is 7.66. The fraction of sp³-hybridized carbons (Fsp3) is 0.462. The minimum atomic E-state index is 0.0867. The lowest BCUT2D eigenvalue weighted by atomic mass is 10.1. The van der Waals surface area contributed by atoms with Crippen LogP contribution in [0, 0.1) is 0 Å². The molecule has 2 aromatic rings. The van der Waals surface area contributed by atoms with E-state index in [0.717, 1.165) is 0 Å². The molecule has 0 radical (unpaired) electrons. The van der Waals surface area contributed by atoms with Gasteiger partial charge >= 0.3 is 0 Å². The zero-order chi connectivity index (χ0) is 11.3. The van der Waals surface area contributed by atoms with Crippen molar-refractivity contribution < 1.29 is 0 Å². The normalized spacial score (nSPS) is 17.9. The Kier molecular flexibility index (Phi) is 2.04. The molecule has 3 heteroatoms. The molecule has 84 valence electrons. The van der Waals surface area contributed by atoms with Gasteiger partial charge in [-0.05, 0) is 31.4 Å². The molecule has 1 aliphatic rings. The van der Waals surface area contributed by atoms with Crippen LogP contribution in [-0.4, -0.2) is 9.78 Å². The summed E-state index contributed by atoms with van der Waals surface area (Å²) in [6, 6.07) is 6.55. The zero-order valence-electron chi connectivity index (χ0n) is 9.77. The van der Waals surface area contributed by atoms with Crippen LogP contribution in [0.4, 0.5) is 0 Å². The minimum absolute atomic E-state index is 0.0867. The first-order valence-electron chi connectivity index (χ1n) is 5.89. The Morgan fingerprint density at radius 3 is 2.81 bits per heavy atom. The number of fused-ring (bicyclic) bond motifs is 1. The molecule has 2 N–H and O–H groups in total. The standard InChI is InChI=1S/C13H17N3/c1-8(14)10-5-6-11-12(7-10)16(2)15-13(11)9-3-4-9/h5-9H,3-4,14H2,1-2H3. The fourth-order valence-corrected chi connectivity index (χ4v) is 2.24. The van der Waals surface area contributed by atoms with Gasteiger partial charge < -0.3 is 5.73 Å². The highest BCUT2D eigenvalue weighted by Gasteiger charge is 2.28. The summed E-state index contributed by atoms with van der Waals surface area (Å²) in [5, 5.41) is 5.93. The van der Waals surface area contributed by atoms with Gasteiger partial charge in [0.15, 0.2) is 0 Å². The van der Waals surface area contributed by atoms with E-state index in [0.29, 0.717) is 5.92 Å². The van der Waals surface area contributed by atoms with Gasteiger partial charge in [0.2, 0.25) is 0 Å². The minimum Gasteiger partial charge on any atom is -0.324 e. The zero-order valence-corrected chi connectivity index (χ0v) is 9.77. The van der Waals surface area contributed by atoms with Gasteiger partial charge in [0.25, 0.3) is 0 Å². The van der Waals surface area contributed by atoms with Crippen molar-refractivity contribution in [3.05, 3.63) is 29.5 Å². The average Bonchev–Trinajstić information content (AvgIpc) is 3.04. The summed E-state index contributed by atoms with van der Waals surface area (Å²) >= 11 is 0. The number of nitrogens with zero attached hydrogens (tertiary/aromatic N) is 2. The third-order valence-electron chi connectivity index (χ3n) is 3.39. The van der Waals surface area contributed by atoms with Gasteiger partial charge in [0.05, 0.1) is 11.2 Å². The third kappa shape index (κ3) is 1.43. The summed E-state index contributed by atoms with van der Waals surface area (Å²) in [7, 11) is 2.01. The number of nitrogens with two attached hydrogens (primary N) is 1. The van der Waals surface area contributed by atoms with Crippen LogP contribution in [0.3, 0.4) is 0 Å². The quantitative estimate of drug-likeness (QED) is 0.836. The smallest absolute Gasteiger partial charge is 0.0734 e. The fourth-order valence-electron chi connectivity index (χ4n) is 2.24. The Morgan fingerprint density at radius 1 is 1.44 bits per heavy atom. The number of aromatic nitrogens is 2. The summed E-state index contributed by atoms with van der Waals surface area (Å²) in [6.45, 7) is 2.01. The van der Waals surface area contributed by atoms with E-state index in [1.54, 1.807) is 0 Å². The summed E-state index contributed by atoms with van der Waals surface area (Å²) in [5.74, 6) is 0.699. The maximum absolute atomic E-state index is 5.90. The molecule has 1 heterocycles. The van der Waals surface area contributed by atoms with Gasteiger partial charge in [-0.15, -0.1) is 0 Å². The Hall–Kier alpha value is -1.35. The highest BCUT2D eigenvalue weighted by Crippen LogP contribution is 2.42. The SMILES string of the molecule is CC(N)c1ccc2c(C3CC3)nn(C)c2c1. The van der Waals surface area contributed by atoms with Crippen molar-refractivity contribution in [2.24, 2.45) is 12.8 Å². The Labute approximate surface area is 95.2 Å². The van der Waals surface area contributed by atoms with Gasteiger partial charge in [-0.3, -0.25) is 4.68 Å². The van der Waals surface area contributed by atoms with Crippen LogP contribution in [0.2, 0.25) is 0 Å². The van der Waals surface area contributed by atoms with Crippen molar-refractivity contribution in [3.63, 3.8) is 0 Å². The second-order valence-corrected chi connectivity index (χ2v) is 4.85. The second-order valence-electron chi connectivity index (χ2n) is 4.85. The molecule has 3 nitrogen and oxygen atoms in total. The van der Waals surface area contributed by atoms with Gasteiger partial charge in [-0.25, -0.2) is 0 Å².